The SMILES string of the molecule is CCC1(C(=O)N(C)CC(C)C(=O)NC)CCCN1. The first kappa shape index (κ1) is 15.0. The van der Waals surface area contributed by atoms with Gasteiger partial charge in [0.15, 0.2) is 0 Å². The molecule has 1 fully saturated rings. The molecule has 1 rings (SSSR count). The second-order valence-electron chi connectivity index (χ2n) is 5.17. The van der Waals surface area contributed by atoms with Crippen LogP contribution in [0.2, 0.25) is 0 Å². The quantitative estimate of drug-likeness (QED) is 0.745. The predicted octanol–water partition coefficient (Wildman–Crippen LogP) is 0.359. The third-order valence-electron chi connectivity index (χ3n) is 3.85. The molecule has 1 aliphatic heterocycles. The fraction of sp³-hybridized carbons (Fsp3) is 0.846. The van der Waals surface area contributed by atoms with Gasteiger partial charge in [-0.05, 0) is 25.8 Å². The van der Waals surface area contributed by atoms with E-state index in [9.17, 15) is 9.59 Å². The summed E-state index contributed by atoms with van der Waals surface area (Å²) in [5.41, 5.74) is -0.406. The molecule has 2 N–H and O–H groups in total. The molecule has 1 heterocycles. The molecule has 0 saturated carbocycles. The Labute approximate surface area is 109 Å². The Balaban J connectivity index is 2.63. The molecule has 0 aromatic carbocycles. The summed E-state index contributed by atoms with van der Waals surface area (Å²) < 4.78 is 0. The van der Waals surface area contributed by atoms with E-state index in [-0.39, 0.29) is 17.7 Å². The van der Waals surface area contributed by atoms with Gasteiger partial charge in [0.05, 0.1) is 11.5 Å². The third kappa shape index (κ3) is 3.02. The minimum atomic E-state index is -0.406. The number of nitrogens with zero attached hydrogens (tertiary/aromatic N) is 1. The Kier molecular flexibility index (Phi) is 5.14. The van der Waals surface area contributed by atoms with Crippen molar-refractivity contribution in [1.29, 1.82) is 0 Å². The molecule has 5 nitrogen and oxygen atoms in total. The number of amides is 2. The standard InChI is InChI=1S/C13H25N3O2/c1-5-13(7-6-8-15-13)12(18)16(4)9-10(2)11(17)14-3/h10,15H,5-9H2,1-4H3,(H,14,17). The van der Waals surface area contributed by atoms with Gasteiger partial charge in [-0.2, -0.15) is 0 Å². The summed E-state index contributed by atoms with van der Waals surface area (Å²) in [6.07, 6.45) is 2.73. The largest absolute Gasteiger partial charge is 0.359 e. The Morgan fingerprint density at radius 2 is 2.17 bits per heavy atom. The molecular formula is C13H25N3O2. The van der Waals surface area contributed by atoms with Crippen molar-refractivity contribution in [1.82, 2.24) is 15.5 Å². The summed E-state index contributed by atoms with van der Waals surface area (Å²) in [5, 5.41) is 5.93. The van der Waals surface area contributed by atoms with E-state index in [0.717, 1.165) is 25.8 Å². The molecule has 5 heteroatoms. The molecule has 0 spiro atoms. The number of likely N-dealkylation sites (N-methyl/N-ethyl adjacent to an activating group) is 1. The van der Waals surface area contributed by atoms with Crippen molar-refractivity contribution < 1.29 is 9.59 Å². The number of hydrogen-bond donors (Lipinski definition) is 2. The number of hydrogen-bond acceptors (Lipinski definition) is 3. The highest BCUT2D eigenvalue weighted by Crippen LogP contribution is 2.25. The van der Waals surface area contributed by atoms with Crippen LogP contribution in [0.3, 0.4) is 0 Å². The van der Waals surface area contributed by atoms with E-state index >= 15 is 0 Å². The van der Waals surface area contributed by atoms with Gasteiger partial charge >= 0.3 is 0 Å². The van der Waals surface area contributed by atoms with Crippen molar-refractivity contribution in [2.45, 2.75) is 38.6 Å². The van der Waals surface area contributed by atoms with Crippen LogP contribution in [-0.2, 0) is 9.59 Å². The zero-order valence-corrected chi connectivity index (χ0v) is 11.9. The number of carbonyl (C=O) groups excluding carboxylic acids is 2. The zero-order chi connectivity index (χ0) is 13.8. The van der Waals surface area contributed by atoms with Crippen LogP contribution in [0.25, 0.3) is 0 Å². The number of rotatable bonds is 5. The van der Waals surface area contributed by atoms with Crippen LogP contribution >= 0.6 is 0 Å². The lowest BCUT2D eigenvalue weighted by Gasteiger charge is -2.32. The maximum atomic E-state index is 12.5. The van der Waals surface area contributed by atoms with Gasteiger partial charge in [-0.15, -0.1) is 0 Å². The third-order valence-corrected chi connectivity index (χ3v) is 3.85. The minimum Gasteiger partial charge on any atom is -0.359 e. The first-order valence-corrected chi connectivity index (χ1v) is 6.69. The average Bonchev–Trinajstić information content (AvgIpc) is 2.86. The van der Waals surface area contributed by atoms with Gasteiger partial charge in [0.1, 0.15) is 0 Å². The molecule has 18 heavy (non-hydrogen) atoms. The molecule has 0 radical (unpaired) electrons. The highest BCUT2D eigenvalue weighted by atomic mass is 16.2. The van der Waals surface area contributed by atoms with Crippen LogP contribution in [-0.4, -0.2) is 49.4 Å². The maximum Gasteiger partial charge on any atom is 0.242 e. The Morgan fingerprint density at radius 3 is 2.61 bits per heavy atom. The van der Waals surface area contributed by atoms with E-state index in [1.165, 1.54) is 0 Å². The second-order valence-corrected chi connectivity index (χ2v) is 5.17. The van der Waals surface area contributed by atoms with Crippen molar-refractivity contribution in [2.75, 3.05) is 27.2 Å². The predicted molar refractivity (Wildman–Crippen MR) is 71.1 cm³/mol. The molecule has 104 valence electrons. The summed E-state index contributed by atoms with van der Waals surface area (Å²) in [4.78, 5) is 25.6. The Bertz CT molecular complexity index is 311. The van der Waals surface area contributed by atoms with Crippen LogP contribution < -0.4 is 10.6 Å². The molecule has 2 unspecified atom stereocenters. The summed E-state index contributed by atoms with van der Waals surface area (Å²) in [5.74, 6) is -0.0999. The van der Waals surface area contributed by atoms with Crippen molar-refractivity contribution >= 4 is 11.8 Å². The normalized spacial score (nSPS) is 24.7. The summed E-state index contributed by atoms with van der Waals surface area (Å²) >= 11 is 0. The van der Waals surface area contributed by atoms with Crippen LogP contribution in [0.5, 0.6) is 0 Å². The van der Waals surface area contributed by atoms with Gasteiger partial charge in [-0.3, -0.25) is 9.59 Å². The molecule has 1 aliphatic rings. The maximum absolute atomic E-state index is 12.5. The van der Waals surface area contributed by atoms with Crippen LogP contribution in [0.1, 0.15) is 33.1 Å². The van der Waals surface area contributed by atoms with Gasteiger partial charge in [0.25, 0.3) is 0 Å². The van der Waals surface area contributed by atoms with Crippen LogP contribution in [0, 0.1) is 5.92 Å². The van der Waals surface area contributed by atoms with Gasteiger partial charge < -0.3 is 15.5 Å². The van der Waals surface area contributed by atoms with E-state index in [4.69, 9.17) is 0 Å². The van der Waals surface area contributed by atoms with Crippen LogP contribution in [0.15, 0.2) is 0 Å². The fourth-order valence-corrected chi connectivity index (χ4v) is 2.63. The zero-order valence-electron chi connectivity index (χ0n) is 11.9. The second kappa shape index (κ2) is 6.18. The monoisotopic (exact) mass is 255 g/mol. The van der Waals surface area contributed by atoms with E-state index in [2.05, 4.69) is 10.6 Å². The molecule has 1 saturated heterocycles. The van der Waals surface area contributed by atoms with E-state index in [1.54, 1.807) is 19.0 Å². The topological polar surface area (TPSA) is 61.4 Å². The van der Waals surface area contributed by atoms with Gasteiger partial charge in [0.2, 0.25) is 11.8 Å². The van der Waals surface area contributed by atoms with Crippen molar-refractivity contribution in [3.63, 3.8) is 0 Å². The Morgan fingerprint density at radius 1 is 1.50 bits per heavy atom. The molecule has 2 atom stereocenters. The smallest absolute Gasteiger partial charge is 0.242 e. The van der Waals surface area contributed by atoms with E-state index in [1.807, 2.05) is 13.8 Å². The Hall–Kier alpha value is -1.10. The minimum absolute atomic E-state index is 0.0282. The number of nitrogens with one attached hydrogen (secondary N) is 2. The highest BCUT2D eigenvalue weighted by molar-refractivity contribution is 5.87. The first-order valence-electron chi connectivity index (χ1n) is 6.69. The lowest BCUT2D eigenvalue weighted by atomic mass is 9.92. The molecule has 0 aromatic rings. The average molecular weight is 255 g/mol. The molecule has 0 aliphatic carbocycles. The summed E-state index contributed by atoms with van der Waals surface area (Å²) in [7, 11) is 3.39. The first-order chi connectivity index (χ1) is 8.46. The fourth-order valence-electron chi connectivity index (χ4n) is 2.63. The lowest BCUT2D eigenvalue weighted by Crippen LogP contribution is -2.54. The van der Waals surface area contributed by atoms with Crippen molar-refractivity contribution in [3.8, 4) is 0 Å². The lowest BCUT2D eigenvalue weighted by molar-refractivity contribution is -0.138. The van der Waals surface area contributed by atoms with Gasteiger partial charge in [0, 0.05) is 20.6 Å². The molecule has 0 aromatic heterocycles. The van der Waals surface area contributed by atoms with Crippen molar-refractivity contribution in [2.24, 2.45) is 5.92 Å². The summed E-state index contributed by atoms with van der Waals surface area (Å²) in [6.45, 7) is 5.23. The number of carbonyl (C=O) groups is 2. The molecular weight excluding hydrogens is 230 g/mol. The van der Waals surface area contributed by atoms with Crippen molar-refractivity contribution in [3.05, 3.63) is 0 Å². The van der Waals surface area contributed by atoms with E-state index < -0.39 is 5.54 Å². The highest BCUT2D eigenvalue weighted by Gasteiger charge is 2.41. The van der Waals surface area contributed by atoms with Gasteiger partial charge in [-0.1, -0.05) is 13.8 Å². The van der Waals surface area contributed by atoms with Crippen LogP contribution in [0.4, 0.5) is 0 Å². The molecule has 0 bridgehead atoms. The summed E-state index contributed by atoms with van der Waals surface area (Å²) in [6, 6.07) is 0. The molecule has 2 amide bonds. The van der Waals surface area contributed by atoms with Gasteiger partial charge in [-0.25, -0.2) is 0 Å². The van der Waals surface area contributed by atoms with E-state index in [0.29, 0.717) is 6.54 Å².